The van der Waals surface area contributed by atoms with Gasteiger partial charge in [-0.25, -0.2) is 0 Å². The second-order valence-electron chi connectivity index (χ2n) is 3.73. The van der Waals surface area contributed by atoms with Gasteiger partial charge in [0.15, 0.2) is 0 Å². The van der Waals surface area contributed by atoms with Crippen molar-refractivity contribution < 1.29 is 9.90 Å². The number of hydrogen-bond donors (Lipinski definition) is 2. The molecule has 5 nitrogen and oxygen atoms in total. The van der Waals surface area contributed by atoms with Gasteiger partial charge in [0, 0.05) is 44.9 Å². The quantitative estimate of drug-likeness (QED) is 0.653. The average Bonchev–Trinajstić information content (AvgIpc) is 2.65. The van der Waals surface area contributed by atoms with Gasteiger partial charge in [-0.3, -0.25) is 9.48 Å². The SMILES string of the molecule is Cn1nccc1CCNC(=O)CCCCO. The van der Waals surface area contributed by atoms with E-state index in [9.17, 15) is 4.79 Å². The van der Waals surface area contributed by atoms with Gasteiger partial charge in [0.1, 0.15) is 0 Å². The van der Waals surface area contributed by atoms with Gasteiger partial charge >= 0.3 is 0 Å². The maximum Gasteiger partial charge on any atom is 0.220 e. The molecule has 1 heterocycles. The van der Waals surface area contributed by atoms with E-state index in [-0.39, 0.29) is 12.5 Å². The number of aliphatic hydroxyl groups excluding tert-OH is 1. The predicted octanol–water partition coefficient (Wildman–Crippen LogP) is 0.241. The number of aromatic nitrogens is 2. The summed E-state index contributed by atoms with van der Waals surface area (Å²) in [6, 6.07) is 1.94. The number of nitrogens with zero attached hydrogens (tertiary/aromatic N) is 2. The Labute approximate surface area is 95.5 Å². The van der Waals surface area contributed by atoms with Crippen molar-refractivity contribution in [3.05, 3.63) is 18.0 Å². The summed E-state index contributed by atoms with van der Waals surface area (Å²) in [5.41, 5.74) is 1.11. The van der Waals surface area contributed by atoms with E-state index in [2.05, 4.69) is 10.4 Å². The molecule has 0 fully saturated rings. The van der Waals surface area contributed by atoms with Crippen LogP contribution in [0.5, 0.6) is 0 Å². The molecule has 0 atom stereocenters. The van der Waals surface area contributed by atoms with Gasteiger partial charge in [-0.2, -0.15) is 5.10 Å². The van der Waals surface area contributed by atoms with Gasteiger partial charge in [0.2, 0.25) is 5.91 Å². The molecule has 5 heteroatoms. The van der Waals surface area contributed by atoms with Crippen LogP contribution in [0.1, 0.15) is 25.0 Å². The van der Waals surface area contributed by atoms with E-state index < -0.39 is 0 Å². The highest BCUT2D eigenvalue weighted by Crippen LogP contribution is 1.97. The van der Waals surface area contributed by atoms with Crippen molar-refractivity contribution >= 4 is 5.91 Å². The van der Waals surface area contributed by atoms with Crippen LogP contribution in [-0.4, -0.2) is 33.9 Å². The molecule has 0 radical (unpaired) electrons. The molecule has 1 aromatic rings. The van der Waals surface area contributed by atoms with Crippen molar-refractivity contribution in [1.82, 2.24) is 15.1 Å². The molecule has 0 aliphatic carbocycles. The Morgan fingerprint density at radius 3 is 3.00 bits per heavy atom. The van der Waals surface area contributed by atoms with Crippen LogP contribution in [0.2, 0.25) is 0 Å². The summed E-state index contributed by atoms with van der Waals surface area (Å²) in [5, 5.41) is 15.5. The lowest BCUT2D eigenvalue weighted by Crippen LogP contribution is -2.25. The van der Waals surface area contributed by atoms with Crippen LogP contribution in [0.4, 0.5) is 0 Å². The third kappa shape index (κ3) is 4.44. The first kappa shape index (κ1) is 12.7. The number of hydrogen-bond acceptors (Lipinski definition) is 3. The third-order valence-electron chi connectivity index (χ3n) is 2.44. The number of unbranched alkanes of at least 4 members (excludes halogenated alkanes) is 1. The number of rotatable bonds is 7. The van der Waals surface area contributed by atoms with Crippen LogP contribution in [0.3, 0.4) is 0 Å². The smallest absolute Gasteiger partial charge is 0.220 e. The minimum Gasteiger partial charge on any atom is -0.396 e. The topological polar surface area (TPSA) is 67.2 Å². The summed E-state index contributed by atoms with van der Waals surface area (Å²) in [4.78, 5) is 11.3. The van der Waals surface area contributed by atoms with Crippen molar-refractivity contribution in [2.45, 2.75) is 25.7 Å². The maximum absolute atomic E-state index is 11.3. The molecular formula is C11H19N3O2. The van der Waals surface area contributed by atoms with Gasteiger partial charge in [-0.15, -0.1) is 0 Å². The summed E-state index contributed by atoms with van der Waals surface area (Å²) < 4.78 is 1.80. The number of carbonyl (C=O) groups is 1. The molecule has 16 heavy (non-hydrogen) atoms. The minimum absolute atomic E-state index is 0.0515. The molecule has 2 N–H and O–H groups in total. The lowest BCUT2D eigenvalue weighted by atomic mass is 10.2. The first-order valence-corrected chi connectivity index (χ1v) is 5.58. The summed E-state index contributed by atoms with van der Waals surface area (Å²) in [5.74, 6) is 0.0515. The molecule has 0 spiro atoms. The molecule has 0 aliphatic rings. The van der Waals surface area contributed by atoms with Gasteiger partial charge in [-0.1, -0.05) is 0 Å². The van der Waals surface area contributed by atoms with Crippen molar-refractivity contribution in [3.8, 4) is 0 Å². The third-order valence-corrected chi connectivity index (χ3v) is 2.44. The standard InChI is InChI=1S/C11H19N3O2/c1-14-10(6-8-13-14)5-7-12-11(16)4-2-3-9-15/h6,8,15H,2-5,7,9H2,1H3,(H,12,16). The van der Waals surface area contributed by atoms with E-state index in [4.69, 9.17) is 5.11 Å². The molecule has 0 bridgehead atoms. The molecule has 1 amide bonds. The van der Waals surface area contributed by atoms with Crippen molar-refractivity contribution in [3.63, 3.8) is 0 Å². The summed E-state index contributed by atoms with van der Waals surface area (Å²) >= 11 is 0. The zero-order chi connectivity index (χ0) is 11.8. The van der Waals surface area contributed by atoms with Crippen LogP contribution in [-0.2, 0) is 18.3 Å². The van der Waals surface area contributed by atoms with E-state index in [1.165, 1.54) is 0 Å². The fourth-order valence-electron chi connectivity index (χ4n) is 1.46. The molecule has 90 valence electrons. The van der Waals surface area contributed by atoms with Gasteiger partial charge in [-0.05, 0) is 18.9 Å². The lowest BCUT2D eigenvalue weighted by molar-refractivity contribution is -0.121. The molecule has 0 aromatic carbocycles. The largest absolute Gasteiger partial charge is 0.396 e. The fourth-order valence-corrected chi connectivity index (χ4v) is 1.46. The summed E-state index contributed by atoms with van der Waals surface area (Å²) in [7, 11) is 1.89. The second kappa shape index (κ2) is 7.00. The van der Waals surface area contributed by atoms with E-state index in [0.29, 0.717) is 19.4 Å². The fraction of sp³-hybridized carbons (Fsp3) is 0.636. The molecule has 0 saturated heterocycles. The zero-order valence-electron chi connectivity index (χ0n) is 9.65. The molecule has 0 unspecified atom stereocenters. The van der Waals surface area contributed by atoms with Crippen LogP contribution in [0.15, 0.2) is 12.3 Å². The van der Waals surface area contributed by atoms with E-state index in [1.54, 1.807) is 10.9 Å². The average molecular weight is 225 g/mol. The Balaban J connectivity index is 2.11. The highest BCUT2D eigenvalue weighted by atomic mass is 16.2. The Kier molecular flexibility index (Phi) is 5.56. The minimum atomic E-state index is 0.0515. The first-order valence-electron chi connectivity index (χ1n) is 5.58. The Morgan fingerprint density at radius 1 is 1.56 bits per heavy atom. The van der Waals surface area contributed by atoms with E-state index in [0.717, 1.165) is 18.5 Å². The van der Waals surface area contributed by atoms with E-state index in [1.807, 2.05) is 13.1 Å². The zero-order valence-corrected chi connectivity index (χ0v) is 9.65. The highest BCUT2D eigenvalue weighted by Gasteiger charge is 2.02. The van der Waals surface area contributed by atoms with Crippen LogP contribution in [0, 0.1) is 0 Å². The van der Waals surface area contributed by atoms with E-state index >= 15 is 0 Å². The van der Waals surface area contributed by atoms with Crippen LogP contribution < -0.4 is 5.32 Å². The van der Waals surface area contributed by atoms with Crippen molar-refractivity contribution in [2.24, 2.45) is 7.05 Å². The van der Waals surface area contributed by atoms with Crippen molar-refractivity contribution in [1.29, 1.82) is 0 Å². The number of nitrogens with one attached hydrogen (secondary N) is 1. The van der Waals surface area contributed by atoms with Gasteiger partial charge in [0.25, 0.3) is 0 Å². The number of aryl methyl sites for hydroxylation is 1. The first-order chi connectivity index (χ1) is 7.74. The van der Waals surface area contributed by atoms with Gasteiger partial charge in [0.05, 0.1) is 0 Å². The summed E-state index contributed by atoms with van der Waals surface area (Å²) in [6.07, 6.45) is 4.47. The maximum atomic E-state index is 11.3. The molecule has 0 aliphatic heterocycles. The van der Waals surface area contributed by atoms with Gasteiger partial charge < -0.3 is 10.4 Å². The molecule has 0 saturated carbocycles. The number of carbonyl (C=O) groups excluding carboxylic acids is 1. The Bertz CT molecular complexity index is 323. The lowest BCUT2D eigenvalue weighted by Gasteiger charge is -2.05. The Hall–Kier alpha value is -1.36. The van der Waals surface area contributed by atoms with Crippen molar-refractivity contribution in [2.75, 3.05) is 13.2 Å². The second-order valence-corrected chi connectivity index (χ2v) is 3.73. The number of amides is 1. The highest BCUT2D eigenvalue weighted by molar-refractivity contribution is 5.75. The number of aliphatic hydroxyl groups is 1. The van der Waals surface area contributed by atoms with Crippen LogP contribution >= 0.6 is 0 Å². The monoisotopic (exact) mass is 225 g/mol. The predicted molar refractivity (Wildman–Crippen MR) is 60.9 cm³/mol. The normalized spacial score (nSPS) is 10.4. The summed E-state index contributed by atoms with van der Waals surface area (Å²) in [6.45, 7) is 0.791. The molecule has 1 rings (SSSR count). The van der Waals surface area contributed by atoms with Crippen LogP contribution in [0.25, 0.3) is 0 Å². The Morgan fingerprint density at radius 2 is 2.38 bits per heavy atom. The molecule has 1 aromatic heterocycles. The molecular weight excluding hydrogens is 206 g/mol.